The zero-order valence-corrected chi connectivity index (χ0v) is 14.8. The quantitative estimate of drug-likeness (QED) is 0.829. The van der Waals surface area contributed by atoms with Crippen LogP contribution in [0.4, 0.5) is 0 Å². The van der Waals surface area contributed by atoms with Crippen molar-refractivity contribution in [1.82, 2.24) is 19.9 Å². The van der Waals surface area contributed by atoms with Crippen LogP contribution in [0.3, 0.4) is 0 Å². The number of amides is 1. The third-order valence-corrected chi connectivity index (χ3v) is 4.92. The number of carbonyl (C=O) groups is 1. The van der Waals surface area contributed by atoms with E-state index in [9.17, 15) is 9.90 Å². The fourth-order valence-electron chi connectivity index (χ4n) is 3.15. The van der Waals surface area contributed by atoms with E-state index in [0.717, 1.165) is 17.0 Å². The maximum atomic E-state index is 12.5. The monoisotopic (exact) mass is 344 g/mol. The summed E-state index contributed by atoms with van der Waals surface area (Å²) in [5.41, 5.74) is 2.83. The van der Waals surface area contributed by atoms with Gasteiger partial charge in [0.15, 0.2) is 0 Å². The molecule has 1 aliphatic rings. The predicted molar refractivity (Wildman–Crippen MR) is 92.1 cm³/mol. The minimum atomic E-state index is -0.283. The first-order chi connectivity index (χ1) is 12.0. The van der Waals surface area contributed by atoms with Crippen LogP contribution in [-0.2, 0) is 11.3 Å². The summed E-state index contributed by atoms with van der Waals surface area (Å²) < 4.78 is 6.93. The number of hydrogen-bond donors (Lipinski definition) is 2. The summed E-state index contributed by atoms with van der Waals surface area (Å²) in [5, 5.41) is 12.7. The molecule has 7 nitrogen and oxygen atoms in total. The number of aliphatic hydroxyl groups is 1. The van der Waals surface area contributed by atoms with Crippen molar-refractivity contribution >= 4 is 5.91 Å². The SMILES string of the molecule is COc1ccc([C@@H](NC(=O)Cn2cnc(C)c2C)C2CC(O)C2)cn1. The van der Waals surface area contributed by atoms with Gasteiger partial charge in [0.2, 0.25) is 11.8 Å². The average molecular weight is 344 g/mol. The van der Waals surface area contributed by atoms with E-state index in [0.29, 0.717) is 18.7 Å². The summed E-state index contributed by atoms with van der Waals surface area (Å²) in [7, 11) is 1.57. The van der Waals surface area contributed by atoms with Gasteiger partial charge in [-0.2, -0.15) is 0 Å². The highest BCUT2D eigenvalue weighted by atomic mass is 16.5. The van der Waals surface area contributed by atoms with Crippen LogP contribution in [0.25, 0.3) is 0 Å². The van der Waals surface area contributed by atoms with Crippen LogP contribution in [-0.4, -0.2) is 38.8 Å². The molecule has 0 bridgehead atoms. The van der Waals surface area contributed by atoms with Crippen LogP contribution in [0.15, 0.2) is 24.7 Å². The molecule has 3 rings (SSSR count). The van der Waals surface area contributed by atoms with E-state index in [1.54, 1.807) is 25.7 Å². The average Bonchev–Trinajstić information content (AvgIpc) is 2.89. The smallest absolute Gasteiger partial charge is 0.240 e. The van der Waals surface area contributed by atoms with Gasteiger partial charge in [-0.15, -0.1) is 0 Å². The van der Waals surface area contributed by atoms with Crippen molar-refractivity contribution in [3.63, 3.8) is 0 Å². The van der Waals surface area contributed by atoms with E-state index < -0.39 is 0 Å². The van der Waals surface area contributed by atoms with Crippen LogP contribution in [0.1, 0.15) is 35.8 Å². The number of ether oxygens (including phenoxy) is 1. The van der Waals surface area contributed by atoms with Gasteiger partial charge in [0.25, 0.3) is 0 Å². The van der Waals surface area contributed by atoms with Crippen molar-refractivity contribution < 1.29 is 14.6 Å². The lowest BCUT2D eigenvalue weighted by molar-refractivity contribution is -0.123. The minimum Gasteiger partial charge on any atom is -0.481 e. The van der Waals surface area contributed by atoms with Crippen molar-refractivity contribution in [3.05, 3.63) is 41.6 Å². The molecule has 0 radical (unpaired) electrons. The Balaban J connectivity index is 1.72. The molecule has 1 saturated carbocycles. The van der Waals surface area contributed by atoms with Crippen molar-refractivity contribution in [3.8, 4) is 5.88 Å². The second-order valence-electron chi connectivity index (χ2n) is 6.61. The zero-order valence-electron chi connectivity index (χ0n) is 14.8. The number of aryl methyl sites for hydroxylation is 1. The number of rotatable bonds is 6. The molecule has 2 N–H and O–H groups in total. The number of hydrogen-bond acceptors (Lipinski definition) is 5. The van der Waals surface area contributed by atoms with Crippen molar-refractivity contribution in [2.75, 3.05) is 7.11 Å². The third-order valence-electron chi connectivity index (χ3n) is 4.92. The Morgan fingerprint density at radius 1 is 1.40 bits per heavy atom. The van der Waals surface area contributed by atoms with Gasteiger partial charge in [0.1, 0.15) is 6.54 Å². The number of nitrogens with zero attached hydrogens (tertiary/aromatic N) is 3. The molecule has 2 aromatic heterocycles. The Labute approximate surface area is 147 Å². The molecule has 2 heterocycles. The standard InChI is InChI=1S/C18H24N4O3/c1-11-12(2)22(10-20-11)9-16(24)21-18(14-6-15(23)7-14)13-4-5-17(25-3)19-8-13/h4-5,8,10,14-15,18,23H,6-7,9H2,1-3H3,(H,21,24)/t14?,15?,18-/m1/s1. The molecule has 0 saturated heterocycles. The van der Waals surface area contributed by atoms with Gasteiger partial charge in [-0.25, -0.2) is 9.97 Å². The number of carbonyl (C=O) groups excluding carboxylic acids is 1. The normalized spacial score (nSPS) is 20.6. The molecular formula is C18H24N4O3. The molecule has 1 fully saturated rings. The van der Waals surface area contributed by atoms with Gasteiger partial charge in [-0.3, -0.25) is 4.79 Å². The highest BCUT2D eigenvalue weighted by Crippen LogP contribution is 2.38. The van der Waals surface area contributed by atoms with Crippen LogP contribution in [0.5, 0.6) is 5.88 Å². The molecule has 1 amide bonds. The van der Waals surface area contributed by atoms with Gasteiger partial charge < -0.3 is 19.7 Å². The molecule has 0 aromatic carbocycles. The second kappa shape index (κ2) is 7.23. The number of aliphatic hydroxyl groups excluding tert-OH is 1. The van der Waals surface area contributed by atoms with E-state index >= 15 is 0 Å². The fourth-order valence-corrected chi connectivity index (χ4v) is 3.15. The number of aromatic nitrogens is 3. The Hall–Kier alpha value is -2.41. The zero-order chi connectivity index (χ0) is 18.0. The lowest BCUT2D eigenvalue weighted by atomic mass is 9.75. The van der Waals surface area contributed by atoms with Crippen molar-refractivity contribution in [2.24, 2.45) is 5.92 Å². The largest absolute Gasteiger partial charge is 0.481 e. The Morgan fingerprint density at radius 2 is 2.16 bits per heavy atom. The van der Waals surface area contributed by atoms with Crippen LogP contribution < -0.4 is 10.1 Å². The number of imidazole rings is 1. The van der Waals surface area contributed by atoms with Gasteiger partial charge in [-0.1, -0.05) is 6.07 Å². The van der Waals surface area contributed by atoms with E-state index in [4.69, 9.17) is 4.74 Å². The number of nitrogens with one attached hydrogen (secondary N) is 1. The molecule has 0 unspecified atom stereocenters. The van der Waals surface area contributed by atoms with Gasteiger partial charge in [0.05, 0.1) is 31.3 Å². The minimum absolute atomic E-state index is 0.0808. The van der Waals surface area contributed by atoms with Crippen molar-refractivity contribution in [2.45, 2.75) is 45.4 Å². The first-order valence-electron chi connectivity index (χ1n) is 8.43. The van der Waals surface area contributed by atoms with E-state index in [2.05, 4.69) is 15.3 Å². The Kier molecular flexibility index (Phi) is 5.03. The highest BCUT2D eigenvalue weighted by molar-refractivity contribution is 5.76. The Morgan fingerprint density at radius 3 is 2.68 bits per heavy atom. The topological polar surface area (TPSA) is 89.3 Å². The maximum absolute atomic E-state index is 12.5. The molecule has 2 aromatic rings. The summed E-state index contributed by atoms with van der Waals surface area (Å²) in [6.07, 6.45) is 4.48. The van der Waals surface area contributed by atoms with E-state index in [-0.39, 0.29) is 30.5 Å². The van der Waals surface area contributed by atoms with Crippen LogP contribution in [0.2, 0.25) is 0 Å². The molecule has 134 valence electrons. The second-order valence-corrected chi connectivity index (χ2v) is 6.61. The first kappa shape index (κ1) is 17.4. The summed E-state index contributed by atoms with van der Waals surface area (Å²) >= 11 is 0. The first-order valence-corrected chi connectivity index (χ1v) is 8.43. The summed E-state index contributed by atoms with van der Waals surface area (Å²) in [4.78, 5) is 21.0. The molecule has 7 heteroatoms. The molecule has 1 aliphatic carbocycles. The summed E-state index contributed by atoms with van der Waals surface area (Å²) in [6, 6.07) is 3.53. The third kappa shape index (κ3) is 3.82. The fraction of sp³-hybridized carbons (Fsp3) is 0.500. The lowest BCUT2D eigenvalue weighted by Gasteiger charge is -2.38. The Bertz CT molecular complexity index is 735. The molecule has 0 aliphatic heterocycles. The summed E-state index contributed by atoms with van der Waals surface area (Å²) in [5.74, 6) is 0.662. The summed E-state index contributed by atoms with van der Waals surface area (Å²) in [6.45, 7) is 4.09. The van der Waals surface area contributed by atoms with Crippen LogP contribution in [0, 0.1) is 19.8 Å². The molecule has 0 spiro atoms. The van der Waals surface area contributed by atoms with Crippen molar-refractivity contribution in [1.29, 1.82) is 0 Å². The van der Waals surface area contributed by atoms with E-state index in [1.807, 2.05) is 24.5 Å². The molecular weight excluding hydrogens is 320 g/mol. The molecule has 1 atom stereocenters. The number of methoxy groups -OCH3 is 1. The van der Waals surface area contributed by atoms with Gasteiger partial charge in [-0.05, 0) is 38.2 Å². The lowest BCUT2D eigenvalue weighted by Crippen LogP contribution is -2.42. The maximum Gasteiger partial charge on any atom is 0.240 e. The van der Waals surface area contributed by atoms with Gasteiger partial charge >= 0.3 is 0 Å². The molecule has 25 heavy (non-hydrogen) atoms. The highest BCUT2D eigenvalue weighted by Gasteiger charge is 2.35. The number of pyridine rings is 1. The van der Waals surface area contributed by atoms with E-state index in [1.165, 1.54) is 0 Å². The van der Waals surface area contributed by atoms with Gasteiger partial charge in [0, 0.05) is 18.0 Å². The predicted octanol–water partition coefficient (Wildman–Crippen LogP) is 1.53. The van der Waals surface area contributed by atoms with Crippen LogP contribution >= 0.6 is 0 Å².